The van der Waals surface area contributed by atoms with Gasteiger partial charge in [-0.2, -0.15) is 0 Å². The molecule has 0 aliphatic rings. The van der Waals surface area contributed by atoms with E-state index in [9.17, 15) is 9.59 Å². The molecule has 1 aromatic rings. The van der Waals surface area contributed by atoms with Gasteiger partial charge in [0, 0.05) is 0 Å². The molecule has 17 heavy (non-hydrogen) atoms. The first-order valence-electron chi connectivity index (χ1n) is 4.84. The maximum atomic E-state index is 11.6. The largest absolute Gasteiger partial charge is 0.469 e. The maximum absolute atomic E-state index is 11.6. The zero-order valence-electron chi connectivity index (χ0n) is 9.23. The Bertz CT molecular complexity index is 433. The van der Waals surface area contributed by atoms with Crippen LogP contribution in [-0.2, 0) is 14.3 Å². The van der Waals surface area contributed by atoms with Crippen molar-refractivity contribution in [1.29, 1.82) is 0 Å². The Hall–Kier alpha value is -1.75. The van der Waals surface area contributed by atoms with Gasteiger partial charge in [-0.15, -0.1) is 0 Å². The number of benzene rings is 1. The van der Waals surface area contributed by atoms with Gasteiger partial charge in [0.15, 0.2) is 0 Å². The molecule has 0 aromatic heterocycles. The van der Waals surface area contributed by atoms with E-state index >= 15 is 0 Å². The molecular weight excluding hydrogens is 246 g/mol. The summed E-state index contributed by atoms with van der Waals surface area (Å²) >= 11 is 5.76. The summed E-state index contributed by atoms with van der Waals surface area (Å²) in [5.74, 6) is -1.06. The first-order chi connectivity index (χ1) is 8.06. The maximum Gasteiger partial charge on any atom is 0.340 e. The fraction of sp³-hybridized carbons (Fsp3) is 0.273. The number of hydrogen-bond acceptors (Lipinski definition) is 5. The van der Waals surface area contributed by atoms with Crippen molar-refractivity contribution in [3.05, 3.63) is 28.8 Å². The fourth-order valence-corrected chi connectivity index (χ4v) is 1.30. The number of methoxy groups -OCH3 is 1. The third-order valence-corrected chi connectivity index (χ3v) is 2.37. The molecule has 0 unspecified atom stereocenters. The number of carbonyl (C=O) groups is 2. The summed E-state index contributed by atoms with van der Waals surface area (Å²) in [5.41, 5.74) is 5.96. The average molecular weight is 258 g/mol. The number of nitrogen functional groups attached to an aromatic ring is 1. The van der Waals surface area contributed by atoms with Gasteiger partial charge in [-0.05, 0) is 12.1 Å². The molecule has 0 saturated carbocycles. The minimum absolute atomic E-state index is 0.00269. The second kappa shape index (κ2) is 6.10. The fourth-order valence-electron chi connectivity index (χ4n) is 1.12. The molecule has 6 heteroatoms. The van der Waals surface area contributed by atoms with E-state index in [2.05, 4.69) is 4.74 Å². The van der Waals surface area contributed by atoms with Crippen molar-refractivity contribution in [3.63, 3.8) is 0 Å². The summed E-state index contributed by atoms with van der Waals surface area (Å²) in [6.07, 6.45) is 0.00269. The van der Waals surface area contributed by atoms with Crippen molar-refractivity contribution in [1.82, 2.24) is 0 Å². The SMILES string of the molecule is COC(=O)CCOC(=O)c1cccc(Cl)c1N. The first-order valence-corrected chi connectivity index (χ1v) is 5.22. The molecule has 1 rings (SSSR count). The summed E-state index contributed by atoms with van der Waals surface area (Å²) in [5, 5.41) is 0.285. The lowest BCUT2D eigenvalue weighted by molar-refractivity contribution is -0.141. The van der Waals surface area contributed by atoms with Crippen molar-refractivity contribution >= 4 is 29.2 Å². The minimum Gasteiger partial charge on any atom is -0.469 e. The quantitative estimate of drug-likeness (QED) is 0.655. The van der Waals surface area contributed by atoms with Gasteiger partial charge in [-0.25, -0.2) is 4.79 Å². The zero-order chi connectivity index (χ0) is 12.8. The third kappa shape index (κ3) is 3.64. The predicted molar refractivity (Wildman–Crippen MR) is 62.8 cm³/mol. The van der Waals surface area contributed by atoms with Crippen molar-refractivity contribution in [2.75, 3.05) is 19.5 Å². The molecule has 1 aromatic carbocycles. The molecule has 0 atom stereocenters. The Morgan fingerprint density at radius 1 is 1.41 bits per heavy atom. The molecule has 0 bridgehead atoms. The van der Waals surface area contributed by atoms with Crippen LogP contribution in [0.2, 0.25) is 5.02 Å². The highest BCUT2D eigenvalue weighted by Crippen LogP contribution is 2.22. The molecule has 0 heterocycles. The number of anilines is 1. The molecule has 5 nitrogen and oxygen atoms in total. The van der Waals surface area contributed by atoms with Crippen LogP contribution >= 0.6 is 11.6 Å². The van der Waals surface area contributed by atoms with E-state index < -0.39 is 11.9 Å². The van der Waals surface area contributed by atoms with Crippen LogP contribution in [0.4, 0.5) is 5.69 Å². The van der Waals surface area contributed by atoms with Gasteiger partial charge in [0.05, 0.1) is 29.8 Å². The van der Waals surface area contributed by atoms with Crippen molar-refractivity contribution in [2.24, 2.45) is 0 Å². The van der Waals surface area contributed by atoms with Crippen LogP contribution in [0.25, 0.3) is 0 Å². The summed E-state index contributed by atoms with van der Waals surface area (Å²) < 4.78 is 9.26. The monoisotopic (exact) mass is 257 g/mol. The molecule has 0 amide bonds. The summed E-state index contributed by atoms with van der Waals surface area (Å²) in [7, 11) is 1.26. The van der Waals surface area contributed by atoms with Crippen LogP contribution in [-0.4, -0.2) is 25.7 Å². The molecule has 0 spiro atoms. The number of esters is 2. The standard InChI is InChI=1S/C11H12ClNO4/c1-16-9(14)5-6-17-11(15)7-3-2-4-8(12)10(7)13/h2-4H,5-6,13H2,1H3. The lowest BCUT2D eigenvalue weighted by Crippen LogP contribution is -2.12. The third-order valence-electron chi connectivity index (χ3n) is 2.04. The second-order valence-electron chi connectivity index (χ2n) is 3.16. The molecule has 2 N–H and O–H groups in total. The van der Waals surface area contributed by atoms with E-state index in [4.69, 9.17) is 22.1 Å². The molecule has 0 aliphatic heterocycles. The van der Waals surface area contributed by atoms with Gasteiger partial charge < -0.3 is 15.2 Å². The topological polar surface area (TPSA) is 78.6 Å². The Balaban J connectivity index is 2.59. The van der Waals surface area contributed by atoms with Gasteiger partial charge >= 0.3 is 11.9 Å². The molecule has 92 valence electrons. The highest BCUT2D eigenvalue weighted by atomic mass is 35.5. The van der Waals surface area contributed by atoms with E-state index in [0.717, 1.165) is 0 Å². The van der Waals surface area contributed by atoms with E-state index in [1.54, 1.807) is 12.1 Å². The van der Waals surface area contributed by atoms with Crippen LogP contribution in [0.15, 0.2) is 18.2 Å². The normalized spacial score (nSPS) is 9.76. The number of nitrogens with two attached hydrogens (primary N) is 1. The molecular formula is C11H12ClNO4. The number of ether oxygens (including phenoxy) is 2. The van der Waals surface area contributed by atoms with E-state index in [1.807, 2.05) is 0 Å². The molecule has 0 radical (unpaired) electrons. The Morgan fingerprint density at radius 2 is 2.12 bits per heavy atom. The number of halogens is 1. The summed E-state index contributed by atoms with van der Waals surface area (Å²) in [6, 6.07) is 4.67. The molecule has 0 fully saturated rings. The van der Waals surface area contributed by atoms with Crippen LogP contribution in [0, 0.1) is 0 Å². The van der Waals surface area contributed by atoms with Crippen LogP contribution in [0.5, 0.6) is 0 Å². The van der Waals surface area contributed by atoms with Crippen LogP contribution in [0.3, 0.4) is 0 Å². The number of para-hydroxylation sites is 1. The van der Waals surface area contributed by atoms with Gasteiger partial charge in [-0.1, -0.05) is 17.7 Å². The summed E-state index contributed by atoms with van der Waals surface area (Å²) in [6.45, 7) is -0.0581. The van der Waals surface area contributed by atoms with E-state index in [-0.39, 0.29) is 29.3 Å². The van der Waals surface area contributed by atoms with Gasteiger partial charge in [0.2, 0.25) is 0 Å². The van der Waals surface area contributed by atoms with Gasteiger partial charge in [-0.3, -0.25) is 4.79 Å². The van der Waals surface area contributed by atoms with Crippen molar-refractivity contribution in [3.8, 4) is 0 Å². The molecule has 0 saturated heterocycles. The van der Waals surface area contributed by atoms with E-state index in [0.29, 0.717) is 0 Å². The second-order valence-corrected chi connectivity index (χ2v) is 3.57. The van der Waals surface area contributed by atoms with Gasteiger partial charge in [0.25, 0.3) is 0 Å². The van der Waals surface area contributed by atoms with Crippen molar-refractivity contribution in [2.45, 2.75) is 6.42 Å². The van der Waals surface area contributed by atoms with Crippen LogP contribution < -0.4 is 5.73 Å². The highest BCUT2D eigenvalue weighted by molar-refractivity contribution is 6.33. The first kappa shape index (κ1) is 13.3. The lowest BCUT2D eigenvalue weighted by atomic mass is 10.2. The Kier molecular flexibility index (Phi) is 4.78. The smallest absolute Gasteiger partial charge is 0.340 e. The lowest BCUT2D eigenvalue weighted by Gasteiger charge is -2.07. The number of carbonyl (C=O) groups excluding carboxylic acids is 2. The minimum atomic E-state index is -0.617. The zero-order valence-corrected chi connectivity index (χ0v) is 9.99. The number of rotatable bonds is 4. The highest BCUT2D eigenvalue weighted by Gasteiger charge is 2.13. The number of hydrogen-bond donors (Lipinski definition) is 1. The average Bonchev–Trinajstić information content (AvgIpc) is 2.32. The Labute approximate surface area is 103 Å². The molecule has 0 aliphatic carbocycles. The van der Waals surface area contributed by atoms with Gasteiger partial charge in [0.1, 0.15) is 6.61 Å². The van der Waals surface area contributed by atoms with E-state index in [1.165, 1.54) is 13.2 Å². The predicted octanol–water partition coefficient (Wildman–Crippen LogP) is 1.64. The van der Waals surface area contributed by atoms with Crippen molar-refractivity contribution < 1.29 is 19.1 Å². The summed E-state index contributed by atoms with van der Waals surface area (Å²) in [4.78, 5) is 22.4. The van der Waals surface area contributed by atoms with Crippen LogP contribution in [0.1, 0.15) is 16.8 Å². The Morgan fingerprint density at radius 3 is 2.76 bits per heavy atom.